The van der Waals surface area contributed by atoms with Crippen LogP contribution < -0.4 is 5.11 Å². The highest BCUT2D eigenvalue weighted by Gasteiger charge is 2.12. The summed E-state index contributed by atoms with van der Waals surface area (Å²) in [6.45, 7) is 4.44. The molecule has 0 fully saturated rings. The van der Waals surface area contributed by atoms with Crippen molar-refractivity contribution in [2.75, 3.05) is 0 Å². The average molecular weight is 235 g/mol. The quantitative estimate of drug-likeness (QED) is 0.803. The largest absolute Gasteiger partial charge is 0.542 e. The van der Waals surface area contributed by atoms with Crippen molar-refractivity contribution in [1.29, 1.82) is 0 Å². The van der Waals surface area contributed by atoms with Gasteiger partial charge in [0.2, 0.25) is 0 Å². The lowest BCUT2D eigenvalue weighted by Crippen LogP contribution is -2.27. The van der Waals surface area contributed by atoms with Gasteiger partial charge in [-0.05, 0) is 18.1 Å². The fraction of sp³-hybridized carbons (Fsp3) is 0.333. The molecule has 0 N–H and O–H groups in total. The molecule has 0 aliphatic carbocycles. The number of aromatic nitrogens is 2. The summed E-state index contributed by atoms with van der Waals surface area (Å²) in [6, 6.07) is 4.05. The second-order valence-electron chi connectivity index (χ2n) is 4.36. The van der Waals surface area contributed by atoms with Gasteiger partial charge in [-0.2, -0.15) is 0 Å². The van der Waals surface area contributed by atoms with E-state index in [1.165, 1.54) is 18.2 Å². The van der Waals surface area contributed by atoms with Gasteiger partial charge in [0.05, 0.1) is 11.0 Å². The number of benzene rings is 1. The Morgan fingerprint density at radius 3 is 2.82 bits per heavy atom. The predicted molar refractivity (Wildman–Crippen MR) is 58.9 cm³/mol. The van der Waals surface area contributed by atoms with Crippen molar-refractivity contribution in [2.24, 2.45) is 5.92 Å². The lowest BCUT2D eigenvalue weighted by molar-refractivity contribution is -0.256. The van der Waals surface area contributed by atoms with Gasteiger partial charge in [-0.3, -0.25) is 0 Å². The third-order valence-corrected chi connectivity index (χ3v) is 2.44. The highest BCUT2D eigenvalue weighted by Crippen LogP contribution is 2.18. The molecule has 2 rings (SSSR count). The van der Waals surface area contributed by atoms with Crippen LogP contribution in [0.15, 0.2) is 18.2 Å². The van der Waals surface area contributed by atoms with Gasteiger partial charge in [-0.1, -0.05) is 13.8 Å². The fourth-order valence-corrected chi connectivity index (χ4v) is 1.81. The third kappa shape index (κ3) is 2.13. The number of hydrogen-bond donors (Lipinski definition) is 0. The van der Waals surface area contributed by atoms with Crippen LogP contribution in [0.2, 0.25) is 0 Å². The van der Waals surface area contributed by atoms with Gasteiger partial charge in [0, 0.05) is 12.6 Å². The SMILES string of the molecule is CC(C)Cn1c(C(=O)[O-])nc2cc(F)ccc21. The lowest BCUT2D eigenvalue weighted by atomic mass is 10.2. The smallest absolute Gasteiger partial charge is 0.156 e. The van der Waals surface area contributed by atoms with E-state index in [2.05, 4.69) is 4.98 Å². The minimum atomic E-state index is -1.35. The van der Waals surface area contributed by atoms with E-state index in [1.54, 1.807) is 4.57 Å². The molecule has 0 bridgehead atoms. The van der Waals surface area contributed by atoms with Gasteiger partial charge < -0.3 is 14.5 Å². The monoisotopic (exact) mass is 235 g/mol. The summed E-state index contributed by atoms with van der Waals surface area (Å²) in [5.74, 6) is -1.67. The Kier molecular flexibility index (Phi) is 2.83. The van der Waals surface area contributed by atoms with E-state index in [0.29, 0.717) is 17.6 Å². The first kappa shape index (κ1) is 11.6. The Bertz CT molecular complexity index is 575. The van der Waals surface area contributed by atoms with E-state index < -0.39 is 11.8 Å². The first-order valence-corrected chi connectivity index (χ1v) is 5.36. The molecular weight excluding hydrogens is 223 g/mol. The van der Waals surface area contributed by atoms with Crippen LogP contribution in [0.3, 0.4) is 0 Å². The molecule has 90 valence electrons. The highest BCUT2D eigenvalue weighted by atomic mass is 19.1. The van der Waals surface area contributed by atoms with E-state index >= 15 is 0 Å². The predicted octanol–water partition coefficient (Wildman–Crippen LogP) is 1.19. The van der Waals surface area contributed by atoms with Crippen LogP contribution in [0, 0.1) is 11.7 Å². The first-order chi connectivity index (χ1) is 7.99. The number of carboxylic acid groups (broad SMARTS) is 1. The molecule has 2 aromatic rings. The fourth-order valence-electron chi connectivity index (χ4n) is 1.81. The van der Waals surface area contributed by atoms with Crippen molar-refractivity contribution >= 4 is 17.0 Å². The molecule has 0 radical (unpaired) electrons. The summed E-state index contributed by atoms with van der Waals surface area (Å²) in [4.78, 5) is 14.9. The molecule has 5 heteroatoms. The number of nitrogens with zero attached hydrogens (tertiary/aromatic N) is 2. The maximum absolute atomic E-state index is 13.0. The maximum Gasteiger partial charge on any atom is 0.156 e. The van der Waals surface area contributed by atoms with Crippen LogP contribution in [0.4, 0.5) is 4.39 Å². The Morgan fingerprint density at radius 1 is 1.53 bits per heavy atom. The first-order valence-electron chi connectivity index (χ1n) is 5.36. The molecule has 1 aromatic carbocycles. The van der Waals surface area contributed by atoms with Crippen molar-refractivity contribution in [1.82, 2.24) is 9.55 Å². The van der Waals surface area contributed by atoms with Gasteiger partial charge in [0.25, 0.3) is 0 Å². The van der Waals surface area contributed by atoms with Gasteiger partial charge in [0.15, 0.2) is 5.82 Å². The Labute approximate surface area is 97.7 Å². The van der Waals surface area contributed by atoms with Gasteiger partial charge >= 0.3 is 0 Å². The molecule has 0 unspecified atom stereocenters. The van der Waals surface area contributed by atoms with Crippen LogP contribution in [0.5, 0.6) is 0 Å². The minimum absolute atomic E-state index is 0.153. The van der Waals surface area contributed by atoms with Crippen LogP contribution >= 0.6 is 0 Å². The van der Waals surface area contributed by atoms with Crippen molar-refractivity contribution in [3.05, 3.63) is 29.8 Å². The topological polar surface area (TPSA) is 58.0 Å². The molecular formula is C12H12FN2O2-. The molecule has 0 atom stereocenters. The number of aromatic carboxylic acids is 1. The normalized spacial score (nSPS) is 11.3. The van der Waals surface area contributed by atoms with E-state index in [-0.39, 0.29) is 11.7 Å². The Morgan fingerprint density at radius 2 is 2.24 bits per heavy atom. The summed E-state index contributed by atoms with van der Waals surface area (Å²) in [7, 11) is 0. The van der Waals surface area contributed by atoms with Crippen molar-refractivity contribution in [3.8, 4) is 0 Å². The second kappa shape index (κ2) is 4.16. The second-order valence-corrected chi connectivity index (χ2v) is 4.36. The van der Waals surface area contributed by atoms with Gasteiger partial charge in [-0.25, -0.2) is 9.37 Å². The molecule has 4 nitrogen and oxygen atoms in total. The molecule has 0 aliphatic heterocycles. The van der Waals surface area contributed by atoms with Crippen molar-refractivity contribution in [3.63, 3.8) is 0 Å². The van der Waals surface area contributed by atoms with E-state index in [4.69, 9.17) is 0 Å². The molecule has 0 amide bonds. The lowest BCUT2D eigenvalue weighted by Gasteiger charge is -2.11. The van der Waals surface area contributed by atoms with Crippen LogP contribution in [0.1, 0.15) is 24.5 Å². The molecule has 17 heavy (non-hydrogen) atoms. The number of rotatable bonds is 3. The molecule has 0 saturated heterocycles. The molecule has 1 heterocycles. The number of hydrogen-bond acceptors (Lipinski definition) is 3. The van der Waals surface area contributed by atoms with E-state index in [0.717, 1.165) is 0 Å². The highest BCUT2D eigenvalue weighted by molar-refractivity contribution is 5.88. The van der Waals surface area contributed by atoms with Gasteiger partial charge in [0.1, 0.15) is 11.8 Å². The summed E-state index contributed by atoms with van der Waals surface area (Å²) in [5, 5.41) is 11.0. The average Bonchev–Trinajstić information content (AvgIpc) is 2.55. The Balaban J connectivity index is 2.66. The number of halogens is 1. The molecule has 0 aliphatic rings. The maximum atomic E-state index is 13.0. The van der Waals surface area contributed by atoms with Crippen LogP contribution in [0.25, 0.3) is 11.0 Å². The zero-order valence-electron chi connectivity index (χ0n) is 9.61. The molecule has 0 saturated carbocycles. The zero-order chi connectivity index (χ0) is 12.6. The minimum Gasteiger partial charge on any atom is -0.542 e. The third-order valence-electron chi connectivity index (χ3n) is 2.44. The number of carbonyl (C=O) groups excluding carboxylic acids is 1. The Hall–Kier alpha value is -1.91. The van der Waals surface area contributed by atoms with Crippen LogP contribution in [-0.4, -0.2) is 15.5 Å². The van der Waals surface area contributed by atoms with Crippen molar-refractivity contribution in [2.45, 2.75) is 20.4 Å². The van der Waals surface area contributed by atoms with E-state index in [9.17, 15) is 14.3 Å². The number of carbonyl (C=O) groups is 1. The summed E-state index contributed by atoms with van der Waals surface area (Å²) in [6.07, 6.45) is 0. The van der Waals surface area contributed by atoms with Crippen LogP contribution in [-0.2, 0) is 6.54 Å². The summed E-state index contributed by atoms with van der Waals surface area (Å²) in [5.41, 5.74) is 0.948. The zero-order valence-corrected chi connectivity index (χ0v) is 9.61. The summed E-state index contributed by atoms with van der Waals surface area (Å²) < 4.78 is 14.6. The van der Waals surface area contributed by atoms with Gasteiger partial charge in [-0.15, -0.1) is 0 Å². The molecule has 1 aromatic heterocycles. The number of carboxylic acids is 1. The van der Waals surface area contributed by atoms with E-state index in [1.807, 2.05) is 13.8 Å². The number of imidazole rings is 1. The standard InChI is InChI=1S/C12H13FN2O2/c1-7(2)6-15-10-4-3-8(13)5-9(10)14-11(15)12(16)17/h3-5,7H,6H2,1-2H3,(H,16,17)/p-1. The molecule has 0 spiro atoms. The van der Waals surface area contributed by atoms with Crippen molar-refractivity contribution < 1.29 is 14.3 Å². The summed E-state index contributed by atoms with van der Waals surface area (Å²) >= 11 is 0. The number of fused-ring (bicyclic) bond motifs is 1.